The molecule has 1 aliphatic heterocycles. The maximum absolute atomic E-state index is 12.5. The SMILES string of the molecule is Cc1noc(-c2ccc(C(=O)NCC(=O)N3CCN(c4cccc(Cl)c4)CC3)cc2)n1. The van der Waals surface area contributed by atoms with Gasteiger partial charge in [-0.05, 0) is 49.4 Å². The molecule has 0 saturated carbocycles. The van der Waals surface area contributed by atoms with Crippen LogP contribution in [0.25, 0.3) is 11.5 Å². The molecule has 1 aliphatic rings. The number of aromatic nitrogens is 2. The van der Waals surface area contributed by atoms with Crippen LogP contribution in [0.5, 0.6) is 0 Å². The lowest BCUT2D eigenvalue weighted by atomic mass is 10.1. The molecule has 1 N–H and O–H groups in total. The first-order valence-electron chi connectivity index (χ1n) is 9.97. The normalized spacial score (nSPS) is 13.9. The van der Waals surface area contributed by atoms with Crippen molar-refractivity contribution in [1.82, 2.24) is 20.4 Å². The van der Waals surface area contributed by atoms with Gasteiger partial charge in [-0.2, -0.15) is 4.98 Å². The van der Waals surface area contributed by atoms with Crippen molar-refractivity contribution < 1.29 is 14.1 Å². The van der Waals surface area contributed by atoms with Gasteiger partial charge < -0.3 is 19.6 Å². The van der Waals surface area contributed by atoms with E-state index >= 15 is 0 Å². The molecule has 1 aromatic heterocycles. The van der Waals surface area contributed by atoms with Crippen LogP contribution in [0.1, 0.15) is 16.2 Å². The predicted octanol–water partition coefficient (Wildman–Crippen LogP) is 2.78. The van der Waals surface area contributed by atoms with Gasteiger partial charge >= 0.3 is 0 Å². The first kappa shape index (κ1) is 20.9. The smallest absolute Gasteiger partial charge is 0.257 e. The van der Waals surface area contributed by atoms with E-state index in [0.29, 0.717) is 35.4 Å². The molecule has 8 nitrogen and oxygen atoms in total. The van der Waals surface area contributed by atoms with Crippen molar-refractivity contribution in [3.8, 4) is 11.5 Å². The summed E-state index contributed by atoms with van der Waals surface area (Å²) in [6.07, 6.45) is 0. The van der Waals surface area contributed by atoms with Crippen molar-refractivity contribution >= 4 is 29.1 Å². The third kappa shape index (κ3) is 5.03. The fraction of sp³-hybridized carbons (Fsp3) is 0.273. The largest absolute Gasteiger partial charge is 0.368 e. The van der Waals surface area contributed by atoms with E-state index in [2.05, 4.69) is 20.4 Å². The Hall–Kier alpha value is -3.39. The topological polar surface area (TPSA) is 91.6 Å². The van der Waals surface area contributed by atoms with Crippen LogP contribution in [-0.2, 0) is 4.79 Å². The number of amides is 2. The summed E-state index contributed by atoms with van der Waals surface area (Å²) < 4.78 is 5.12. The maximum atomic E-state index is 12.5. The fourth-order valence-electron chi connectivity index (χ4n) is 3.44. The van der Waals surface area contributed by atoms with Gasteiger partial charge in [-0.15, -0.1) is 0 Å². The third-order valence-electron chi connectivity index (χ3n) is 5.13. The molecule has 0 bridgehead atoms. The van der Waals surface area contributed by atoms with Crippen LogP contribution in [0.2, 0.25) is 5.02 Å². The molecule has 31 heavy (non-hydrogen) atoms. The number of carbonyl (C=O) groups is 2. The van der Waals surface area contributed by atoms with Crippen LogP contribution in [0.3, 0.4) is 0 Å². The lowest BCUT2D eigenvalue weighted by Gasteiger charge is -2.36. The quantitative estimate of drug-likeness (QED) is 0.657. The highest BCUT2D eigenvalue weighted by Crippen LogP contribution is 2.21. The standard InChI is InChI=1S/C22H22ClN5O3/c1-15-25-22(31-26-15)17-7-5-16(6-8-17)21(30)24-14-20(29)28-11-9-27(10-12-28)19-4-2-3-18(23)13-19/h2-8,13H,9-12,14H2,1H3,(H,24,30). The van der Waals surface area contributed by atoms with Crippen LogP contribution in [0.15, 0.2) is 53.1 Å². The van der Waals surface area contributed by atoms with E-state index in [1.807, 2.05) is 24.3 Å². The summed E-state index contributed by atoms with van der Waals surface area (Å²) in [5, 5.41) is 7.14. The van der Waals surface area contributed by atoms with Gasteiger partial charge in [0.25, 0.3) is 11.8 Å². The number of hydrogen-bond donors (Lipinski definition) is 1. The van der Waals surface area contributed by atoms with E-state index in [-0.39, 0.29) is 18.4 Å². The molecule has 0 aliphatic carbocycles. The van der Waals surface area contributed by atoms with E-state index in [9.17, 15) is 9.59 Å². The maximum Gasteiger partial charge on any atom is 0.257 e. The number of hydrogen-bond acceptors (Lipinski definition) is 6. The zero-order chi connectivity index (χ0) is 21.8. The molecule has 0 radical (unpaired) electrons. The highest BCUT2D eigenvalue weighted by Gasteiger charge is 2.22. The van der Waals surface area contributed by atoms with Crippen molar-refractivity contribution in [2.75, 3.05) is 37.6 Å². The molecule has 2 aromatic carbocycles. The van der Waals surface area contributed by atoms with Crippen LogP contribution < -0.4 is 10.2 Å². The van der Waals surface area contributed by atoms with Gasteiger partial charge in [0, 0.05) is 48.0 Å². The minimum absolute atomic E-state index is 0.0411. The number of aryl methyl sites for hydroxylation is 1. The average molecular weight is 440 g/mol. The van der Waals surface area contributed by atoms with Crippen molar-refractivity contribution in [2.45, 2.75) is 6.92 Å². The molecule has 0 atom stereocenters. The van der Waals surface area contributed by atoms with E-state index in [1.54, 1.807) is 36.1 Å². The van der Waals surface area contributed by atoms with E-state index in [4.69, 9.17) is 16.1 Å². The number of nitrogens with one attached hydrogen (secondary N) is 1. The van der Waals surface area contributed by atoms with Gasteiger partial charge in [-0.1, -0.05) is 22.8 Å². The van der Waals surface area contributed by atoms with Gasteiger partial charge in [0.2, 0.25) is 5.91 Å². The minimum atomic E-state index is -0.306. The minimum Gasteiger partial charge on any atom is -0.368 e. The lowest BCUT2D eigenvalue weighted by molar-refractivity contribution is -0.130. The molecule has 160 valence electrons. The summed E-state index contributed by atoms with van der Waals surface area (Å²) >= 11 is 6.06. The number of benzene rings is 2. The number of halogens is 1. The Morgan fingerprint density at radius 3 is 2.48 bits per heavy atom. The van der Waals surface area contributed by atoms with E-state index in [1.165, 1.54) is 0 Å². The van der Waals surface area contributed by atoms with Gasteiger partial charge in [-0.3, -0.25) is 9.59 Å². The van der Waals surface area contributed by atoms with Crippen molar-refractivity contribution in [3.63, 3.8) is 0 Å². The molecule has 2 heterocycles. The third-order valence-corrected chi connectivity index (χ3v) is 5.36. The van der Waals surface area contributed by atoms with Crippen LogP contribution in [-0.4, -0.2) is 59.6 Å². The molecule has 9 heteroatoms. The highest BCUT2D eigenvalue weighted by molar-refractivity contribution is 6.30. The number of carbonyl (C=O) groups excluding carboxylic acids is 2. The van der Waals surface area contributed by atoms with Crippen LogP contribution in [0.4, 0.5) is 5.69 Å². The van der Waals surface area contributed by atoms with Crippen LogP contribution >= 0.6 is 11.6 Å². The summed E-state index contributed by atoms with van der Waals surface area (Å²) in [5.74, 6) is 0.538. The van der Waals surface area contributed by atoms with Gasteiger partial charge in [-0.25, -0.2) is 0 Å². The predicted molar refractivity (Wildman–Crippen MR) is 117 cm³/mol. The molecule has 1 saturated heterocycles. The second-order valence-electron chi connectivity index (χ2n) is 7.25. The summed E-state index contributed by atoms with van der Waals surface area (Å²) in [6.45, 7) is 4.33. The van der Waals surface area contributed by atoms with Crippen molar-refractivity contribution in [1.29, 1.82) is 0 Å². The number of piperazine rings is 1. The Bertz CT molecular complexity index is 1070. The van der Waals surface area contributed by atoms with Gasteiger partial charge in [0.05, 0.1) is 6.54 Å². The Kier molecular flexibility index (Phi) is 6.18. The van der Waals surface area contributed by atoms with Crippen LogP contribution in [0, 0.1) is 6.92 Å². The summed E-state index contributed by atoms with van der Waals surface area (Å²) in [5.41, 5.74) is 2.23. The molecule has 3 aromatic rings. The first-order chi connectivity index (χ1) is 15.0. The van der Waals surface area contributed by atoms with Crippen molar-refractivity contribution in [2.24, 2.45) is 0 Å². The summed E-state index contributed by atoms with van der Waals surface area (Å²) in [7, 11) is 0. The molecule has 2 amide bonds. The summed E-state index contributed by atoms with van der Waals surface area (Å²) in [4.78, 5) is 33.0. The fourth-order valence-corrected chi connectivity index (χ4v) is 3.62. The van der Waals surface area contributed by atoms with Crippen molar-refractivity contribution in [3.05, 3.63) is 64.9 Å². The molecule has 1 fully saturated rings. The molecule has 0 spiro atoms. The Labute approximate surface area is 184 Å². The van der Waals surface area contributed by atoms with Gasteiger partial charge in [0.15, 0.2) is 5.82 Å². The number of anilines is 1. The molecular formula is C22H22ClN5O3. The zero-order valence-electron chi connectivity index (χ0n) is 17.0. The van der Waals surface area contributed by atoms with E-state index in [0.717, 1.165) is 24.3 Å². The van der Waals surface area contributed by atoms with Gasteiger partial charge in [0.1, 0.15) is 0 Å². The Morgan fingerprint density at radius 2 is 1.84 bits per heavy atom. The van der Waals surface area contributed by atoms with E-state index < -0.39 is 0 Å². The average Bonchev–Trinajstić information content (AvgIpc) is 3.24. The molecular weight excluding hydrogens is 418 g/mol. The first-order valence-corrected chi connectivity index (χ1v) is 10.3. The molecule has 0 unspecified atom stereocenters. The second-order valence-corrected chi connectivity index (χ2v) is 7.69. The molecule has 4 rings (SSSR count). The number of nitrogens with zero attached hydrogens (tertiary/aromatic N) is 4. The Balaban J connectivity index is 1.26. The second kappa shape index (κ2) is 9.18. The monoisotopic (exact) mass is 439 g/mol. The zero-order valence-corrected chi connectivity index (χ0v) is 17.8. The Morgan fingerprint density at radius 1 is 1.10 bits per heavy atom. The highest BCUT2D eigenvalue weighted by atomic mass is 35.5. The summed E-state index contributed by atoms with van der Waals surface area (Å²) in [6, 6.07) is 14.5. The number of rotatable bonds is 5. The lowest BCUT2D eigenvalue weighted by Crippen LogP contribution is -2.51.